The third kappa shape index (κ3) is 7.56. The Morgan fingerprint density at radius 3 is 2.50 bits per heavy atom. The molecule has 0 aliphatic heterocycles. The number of hydrogen-bond acceptors (Lipinski definition) is 4. The van der Waals surface area contributed by atoms with E-state index in [2.05, 4.69) is 6.92 Å². The SMILES string of the molecule is CCC(C)(C)C(=O)OCCCOCOC1CCCCC1C.O. The predicted molar refractivity (Wildman–Crippen MR) is 86.6 cm³/mol. The van der Waals surface area contributed by atoms with Crippen LogP contribution in [0.4, 0.5) is 0 Å². The van der Waals surface area contributed by atoms with Gasteiger partial charge in [0.05, 0.1) is 24.7 Å². The van der Waals surface area contributed by atoms with Crippen LogP contribution in [0.2, 0.25) is 0 Å². The van der Waals surface area contributed by atoms with Crippen molar-refractivity contribution >= 4 is 5.97 Å². The quantitative estimate of drug-likeness (QED) is 0.372. The van der Waals surface area contributed by atoms with Crippen LogP contribution in [0.15, 0.2) is 0 Å². The van der Waals surface area contributed by atoms with Gasteiger partial charge in [0.1, 0.15) is 6.79 Å². The summed E-state index contributed by atoms with van der Waals surface area (Å²) < 4.78 is 16.5. The van der Waals surface area contributed by atoms with E-state index in [1.807, 2.05) is 20.8 Å². The van der Waals surface area contributed by atoms with Gasteiger partial charge in [-0.3, -0.25) is 4.79 Å². The maximum Gasteiger partial charge on any atom is 0.311 e. The minimum Gasteiger partial charge on any atom is -0.465 e. The Morgan fingerprint density at radius 1 is 1.18 bits per heavy atom. The molecule has 0 aromatic heterocycles. The van der Waals surface area contributed by atoms with Crippen LogP contribution in [0.3, 0.4) is 0 Å². The third-order valence-corrected chi connectivity index (χ3v) is 4.50. The van der Waals surface area contributed by atoms with E-state index in [0.29, 0.717) is 32.0 Å². The van der Waals surface area contributed by atoms with E-state index in [0.717, 1.165) is 19.3 Å². The average molecular weight is 318 g/mol. The lowest BCUT2D eigenvalue weighted by atomic mass is 9.88. The lowest BCUT2D eigenvalue weighted by Gasteiger charge is -2.28. The zero-order valence-corrected chi connectivity index (χ0v) is 14.7. The average Bonchev–Trinajstić information content (AvgIpc) is 2.47. The summed E-state index contributed by atoms with van der Waals surface area (Å²) in [5.41, 5.74) is -0.388. The monoisotopic (exact) mass is 318 g/mol. The molecule has 2 N–H and O–H groups in total. The number of carbonyl (C=O) groups is 1. The molecule has 0 heterocycles. The molecule has 0 amide bonds. The largest absolute Gasteiger partial charge is 0.465 e. The van der Waals surface area contributed by atoms with E-state index < -0.39 is 0 Å². The van der Waals surface area contributed by atoms with Gasteiger partial charge < -0.3 is 19.7 Å². The van der Waals surface area contributed by atoms with Crippen LogP contribution < -0.4 is 0 Å². The summed E-state index contributed by atoms with van der Waals surface area (Å²) in [6, 6.07) is 0. The van der Waals surface area contributed by atoms with E-state index in [1.165, 1.54) is 19.3 Å². The van der Waals surface area contributed by atoms with Crippen molar-refractivity contribution in [1.29, 1.82) is 0 Å². The Labute approximate surface area is 135 Å². The Kier molecular flexibility index (Phi) is 10.6. The molecule has 5 heteroatoms. The lowest BCUT2D eigenvalue weighted by molar-refractivity contribution is -0.155. The summed E-state index contributed by atoms with van der Waals surface area (Å²) in [7, 11) is 0. The summed E-state index contributed by atoms with van der Waals surface area (Å²) in [5.74, 6) is 0.511. The Morgan fingerprint density at radius 2 is 1.86 bits per heavy atom. The van der Waals surface area contributed by atoms with E-state index in [9.17, 15) is 4.79 Å². The molecule has 22 heavy (non-hydrogen) atoms. The smallest absolute Gasteiger partial charge is 0.311 e. The predicted octanol–water partition coefficient (Wildman–Crippen LogP) is 3.10. The molecule has 0 radical (unpaired) electrons. The van der Waals surface area contributed by atoms with Gasteiger partial charge in [0.2, 0.25) is 0 Å². The molecule has 0 bridgehead atoms. The fourth-order valence-electron chi connectivity index (χ4n) is 2.39. The molecular weight excluding hydrogens is 284 g/mol. The van der Waals surface area contributed by atoms with Gasteiger partial charge in [0, 0.05) is 6.42 Å². The van der Waals surface area contributed by atoms with E-state index >= 15 is 0 Å². The highest BCUT2D eigenvalue weighted by Crippen LogP contribution is 2.26. The zero-order valence-electron chi connectivity index (χ0n) is 14.7. The van der Waals surface area contributed by atoms with Crippen molar-refractivity contribution in [2.75, 3.05) is 20.0 Å². The highest BCUT2D eigenvalue weighted by Gasteiger charge is 2.26. The second-order valence-electron chi connectivity index (χ2n) is 6.72. The number of esters is 1. The maximum absolute atomic E-state index is 11.7. The van der Waals surface area contributed by atoms with Crippen molar-refractivity contribution < 1.29 is 24.5 Å². The molecule has 1 saturated carbocycles. The molecule has 2 unspecified atom stereocenters. The number of carbonyl (C=O) groups excluding carboxylic acids is 1. The van der Waals surface area contributed by atoms with Gasteiger partial charge in [-0.2, -0.15) is 0 Å². The number of ether oxygens (including phenoxy) is 3. The van der Waals surface area contributed by atoms with Crippen LogP contribution in [-0.2, 0) is 19.0 Å². The molecular formula is C17H34O5. The van der Waals surface area contributed by atoms with Gasteiger partial charge in [-0.05, 0) is 39.0 Å². The van der Waals surface area contributed by atoms with Crippen LogP contribution in [0.1, 0.15) is 66.2 Å². The summed E-state index contributed by atoms with van der Waals surface area (Å²) in [4.78, 5) is 11.7. The van der Waals surface area contributed by atoms with Crippen molar-refractivity contribution in [3.8, 4) is 0 Å². The van der Waals surface area contributed by atoms with Gasteiger partial charge in [-0.1, -0.05) is 26.7 Å². The van der Waals surface area contributed by atoms with Crippen LogP contribution in [0, 0.1) is 11.3 Å². The summed E-state index contributed by atoms with van der Waals surface area (Å²) >= 11 is 0. The van der Waals surface area contributed by atoms with Crippen molar-refractivity contribution in [1.82, 2.24) is 0 Å². The molecule has 2 atom stereocenters. The van der Waals surface area contributed by atoms with Crippen molar-refractivity contribution in [3.05, 3.63) is 0 Å². The minimum absolute atomic E-state index is 0. The molecule has 1 rings (SSSR count). The molecule has 0 aromatic rings. The van der Waals surface area contributed by atoms with E-state index in [-0.39, 0.29) is 16.9 Å². The number of rotatable bonds is 9. The molecule has 0 aromatic carbocycles. The minimum atomic E-state index is -0.388. The molecule has 1 aliphatic carbocycles. The van der Waals surface area contributed by atoms with Crippen LogP contribution in [0.5, 0.6) is 0 Å². The zero-order chi connectivity index (χ0) is 15.7. The Bertz CT molecular complexity index is 303. The van der Waals surface area contributed by atoms with Gasteiger partial charge >= 0.3 is 5.97 Å². The Balaban J connectivity index is 0.00000441. The van der Waals surface area contributed by atoms with Gasteiger partial charge in [-0.15, -0.1) is 0 Å². The fourth-order valence-corrected chi connectivity index (χ4v) is 2.39. The van der Waals surface area contributed by atoms with Crippen molar-refractivity contribution in [3.63, 3.8) is 0 Å². The van der Waals surface area contributed by atoms with E-state index in [1.54, 1.807) is 0 Å². The first-order valence-electron chi connectivity index (χ1n) is 8.34. The molecule has 5 nitrogen and oxygen atoms in total. The Hall–Kier alpha value is -0.650. The normalized spacial score (nSPS) is 22.0. The highest BCUT2D eigenvalue weighted by atomic mass is 16.7. The molecule has 0 spiro atoms. The third-order valence-electron chi connectivity index (χ3n) is 4.50. The highest BCUT2D eigenvalue weighted by molar-refractivity contribution is 5.75. The van der Waals surface area contributed by atoms with Gasteiger partial charge in [0.15, 0.2) is 0 Å². The van der Waals surface area contributed by atoms with Crippen LogP contribution in [0.25, 0.3) is 0 Å². The number of hydrogen-bond donors (Lipinski definition) is 0. The van der Waals surface area contributed by atoms with Crippen molar-refractivity contribution in [2.24, 2.45) is 11.3 Å². The molecule has 132 valence electrons. The van der Waals surface area contributed by atoms with Crippen LogP contribution in [-0.4, -0.2) is 37.6 Å². The summed E-state index contributed by atoms with van der Waals surface area (Å²) in [6.45, 7) is 9.40. The van der Waals surface area contributed by atoms with E-state index in [4.69, 9.17) is 14.2 Å². The maximum atomic E-state index is 11.7. The van der Waals surface area contributed by atoms with Gasteiger partial charge in [0.25, 0.3) is 0 Å². The first kappa shape index (κ1) is 21.4. The molecule has 1 aliphatic rings. The second kappa shape index (κ2) is 11.0. The first-order valence-corrected chi connectivity index (χ1v) is 8.34. The first-order chi connectivity index (χ1) is 9.97. The standard InChI is InChI=1S/C17H32O4.H2O/c1-5-17(3,4)16(18)20-12-8-11-19-13-21-15-10-7-6-9-14(15)2;/h14-15H,5-13H2,1-4H3;1H2. The van der Waals surface area contributed by atoms with Crippen LogP contribution >= 0.6 is 0 Å². The molecule has 0 saturated heterocycles. The summed E-state index contributed by atoms with van der Waals surface area (Å²) in [5, 5.41) is 0. The van der Waals surface area contributed by atoms with Crippen molar-refractivity contribution in [2.45, 2.75) is 72.3 Å². The second-order valence-corrected chi connectivity index (χ2v) is 6.72. The lowest BCUT2D eigenvalue weighted by Crippen LogP contribution is -2.27. The van der Waals surface area contributed by atoms with Gasteiger partial charge in [-0.25, -0.2) is 0 Å². The fraction of sp³-hybridized carbons (Fsp3) is 0.941. The topological polar surface area (TPSA) is 76.3 Å². The molecule has 1 fully saturated rings. The summed E-state index contributed by atoms with van der Waals surface area (Å²) in [6.07, 6.45) is 6.84.